The Bertz CT molecular complexity index is 778. The molecule has 3 unspecified atom stereocenters. The highest BCUT2D eigenvalue weighted by Gasteiger charge is 2.44. The third-order valence-corrected chi connectivity index (χ3v) is 4.07. The smallest absolute Gasteiger partial charge is 0.199 e. The van der Waals surface area contributed by atoms with E-state index in [9.17, 15) is 0 Å². The fraction of sp³-hybridized carbons (Fsp3) is 0.357. The molecule has 2 bridgehead atoms. The zero-order valence-electron chi connectivity index (χ0n) is 12.6. The lowest BCUT2D eigenvalue weighted by molar-refractivity contribution is -0.0320. The number of nitrogens with zero attached hydrogens (tertiary/aromatic N) is 5. The van der Waals surface area contributed by atoms with Crippen LogP contribution in [0.15, 0.2) is 35.4 Å². The average Bonchev–Trinajstić information content (AvgIpc) is 3.23. The van der Waals surface area contributed by atoms with Crippen LogP contribution >= 0.6 is 12.2 Å². The van der Waals surface area contributed by atoms with Crippen molar-refractivity contribution >= 4 is 23.0 Å². The Labute approximate surface area is 142 Å². The fourth-order valence-electron chi connectivity index (χ4n) is 2.90. The van der Waals surface area contributed by atoms with Gasteiger partial charge in [-0.25, -0.2) is 4.68 Å². The topological polar surface area (TPSA) is 112 Å². The second-order valence-corrected chi connectivity index (χ2v) is 5.94. The van der Waals surface area contributed by atoms with Crippen molar-refractivity contribution < 1.29 is 9.47 Å². The number of fused-ring (bicyclic) bond motifs is 2. The Hall–Kier alpha value is -2.43. The van der Waals surface area contributed by atoms with E-state index < -0.39 is 6.29 Å². The predicted molar refractivity (Wildman–Crippen MR) is 88.9 cm³/mol. The van der Waals surface area contributed by atoms with Crippen LogP contribution in [-0.2, 0) is 9.47 Å². The number of hydrazone groups is 1. The van der Waals surface area contributed by atoms with E-state index in [-0.39, 0.29) is 17.3 Å². The van der Waals surface area contributed by atoms with Gasteiger partial charge in [0.25, 0.3) is 0 Å². The highest BCUT2D eigenvalue weighted by atomic mass is 32.1. The van der Waals surface area contributed by atoms with E-state index in [1.54, 1.807) is 4.68 Å². The molecule has 0 amide bonds. The molecule has 0 radical (unpaired) electrons. The second-order valence-electron chi connectivity index (χ2n) is 5.50. The second kappa shape index (κ2) is 6.23. The molecule has 0 spiro atoms. The van der Waals surface area contributed by atoms with Crippen LogP contribution in [0.1, 0.15) is 12.5 Å². The lowest BCUT2D eigenvalue weighted by Gasteiger charge is -2.28. The number of aromatic nitrogens is 4. The highest BCUT2D eigenvalue weighted by molar-refractivity contribution is 7.80. The zero-order valence-corrected chi connectivity index (χ0v) is 13.4. The minimum atomic E-state index is -0.482. The summed E-state index contributed by atoms with van der Waals surface area (Å²) in [4.78, 5) is 0. The molecule has 3 N–H and O–H groups in total. The molecular weight excluding hydrogens is 330 g/mol. The standard InChI is InChI=1S/C14H15N7O2S/c15-14(24)18-16-9-6-10(11-7-22-13(9)23-11)21-12(17-19-20-21)8-4-2-1-3-5-8/h1-5,10-11,13H,6-7H2,(H3,15,18,24). The fourth-order valence-corrected chi connectivity index (χ4v) is 2.95. The molecule has 2 aliphatic rings. The van der Waals surface area contributed by atoms with Gasteiger partial charge in [0.1, 0.15) is 6.10 Å². The quantitative estimate of drug-likeness (QED) is 0.600. The minimum Gasteiger partial charge on any atom is -0.375 e. The van der Waals surface area contributed by atoms with Gasteiger partial charge < -0.3 is 15.2 Å². The maximum atomic E-state index is 5.88. The van der Waals surface area contributed by atoms with Crippen molar-refractivity contribution in [2.45, 2.75) is 24.9 Å². The van der Waals surface area contributed by atoms with Crippen molar-refractivity contribution in [1.82, 2.24) is 25.6 Å². The van der Waals surface area contributed by atoms with E-state index in [0.717, 1.165) is 5.56 Å². The van der Waals surface area contributed by atoms with Crippen molar-refractivity contribution in [3.63, 3.8) is 0 Å². The van der Waals surface area contributed by atoms with E-state index in [1.807, 2.05) is 30.3 Å². The highest BCUT2D eigenvalue weighted by Crippen LogP contribution is 2.34. The molecule has 4 rings (SSSR count). The van der Waals surface area contributed by atoms with Gasteiger partial charge in [0.05, 0.1) is 18.4 Å². The molecule has 24 heavy (non-hydrogen) atoms. The maximum absolute atomic E-state index is 5.88. The van der Waals surface area contributed by atoms with Gasteiger partial charge in [-0.15, -0.1) is 5.10 Å². The Kier molecular flexibility index (Phi) is 3.92. The average molecular weight is 345 g/mol. The molecule has 3 heterocycles. The summed E-state index contributed by atoms with van der Waals surface area (Å²) in [7, 11) is 0. The van der Waals surface area contributed by atoms with Gasteiger partial charge in [-0.2, -0.15) is 5.10 Å². The van der Waals surface area contributed by atoms with E-state index in [1.165, 1.54) is 0 Å². The van der Waals surface area contributed by atoms with E-state index in [0.29, 0.717) is 24.6 Å². The maximum Gasteiger partial charge on any atom is 0.199 e. The van der Waals surface area contributed by atoms with Crippen LogP contribution in [0, 0.1) is 0 Å². The third kappa shape index (κ3) is 2.75. The van der Waals surface area contributed by atoms with Crippen molar-refractivity contribution in [3.8, 4) is 11.4 Å². The van der Waals surface area contributed by atoms with Gasteiger partial charge in [-0.05, 0) is 22.6 Å². The van der Waals surface area contributed by atoms with Crippen molar-refractivity contribution in [2.75, 3.05) is 6.61 Å². The number of benzene rings is 1. The summed E-state index contributed by atoms with van der Waals surface area (Å²) in [6, 6.07) is 9.63. The first-order valence-corrected chi connectivity index (χ1v) is 7.85. The number of hydrogen-bond donors (Lipinski definition) is 2. The van der Waals surface area contributed by atoms with Crippen LogP contribution in [0.4, 0.5) is 0 Å². The van der Waals surface area contributed by atoms with Crippen LogP contribution in [0.2, 0.25) is 0 Å². The first kappa shape index (κ1) is 15.1. The molecule has 2 aromatic rings. The number of ether oxygens (including phenoxy) is 2. The molecule has 2 aliphatic heterocycles. The van der Waals surface area contributed by atoms with Gasteiger partial charge in [-0.3, -0.25) is 5.43 Å². The van der Waals surface area contributed by atoms with Crippen LogP contribution in [-0.4, -0.2) is 50.0 Å². The van der Waals surface area contributed by atoms with Gasteiger partial charge in [0, 0.05) is 12.0 Å². The Balaban J connectivity index is 1.66. The molecule has 10 heteroatoms. The first-order valence-electron chi connectivity index (χ1n) is 7.44. The van der Waals surface area contributed by atoms with Crippen molar-refractivity contribution in [3.05, 3.63) is 30.3 Å². The molecule has 0 saturated carbocycles. The summed E-state index contributed by atoms with van der Waals surface area (Å²) in [5.74, 6) is 0.677. The lowest BCUT2D eigenvalue weighted by Crippen LogP contribution is -2.39. The third-order valence-electron chi connectivity index (χ3n) is 3.98. The van der Waals surface area contributed by atoms with Gasteiger partial charge in [0.2, 0.25) is 0 Å². The van der Waals surface area contributed by atoms with Crippen molar-refractivity contribution in [2.24, 2.45) is 10.8 Å². The van der Waals surface area contributed by atoms with Crippen LogP contribution in [0.25, 0.3) is 11.4 Å². The summed E-state index contributed by atoms with van der Waals surface area (Å²) in [6.45, 7) is 0.454. The van der Waals surface area contributed by atoms with E-state index in [4.69, 9.17) is 27.4 Å². The Morgan fingerprint density at radius 3 is 3.00 bits per heavy atom. The monoisotopic (exact) mass is 345 g/mol. The molecule has 0 aliphatic carbocycles. The van der Waals surface area contributed by atoms with Crippen LogP contribution in [0.5, 0.6) is 0 Å². The van der Waals surface area contributed by atoms with Crippen LogP contribution in [0.3, 0.4) is 0 Å². The van der Waals surface area contributed by atoms with Gasteiger partial charge in [-0.1, -0.05) is 30.3 Å². The number of tetrazole rings is 1. The summed E-state index contributed by atoms with van der Waals surface area (Å²) in [5, 5.41) is 16.4. The largest absolute Gasteiger partial charge is 0.375 e. The molecule has 3 atom stereocenters. The van der Waals surface area contributed by atoms with E-state index in [2.05, 4.69) is 26.1 Å². The summed E-state index contributed by atoms with van der Waals surface area (Å²) >= 11 is 4.78. The molecule has 124 valence electrons. The molecule has 9 nitrogen and oxygen atoms in total. The number of rotatable bonds is 3. The molecule has 2 fully saturated rings. The Morgan fingerprint density at radius 2 is 2.21 bits per heavy atom. The summed E-state index contributed by atoms with van der Waals surface area (Å²) in [6.07, 6.45) is -0.0370. The molecule has 1 aromatic carbocycles. The number of hydrogen-bond acceptors (Lipinski definition) is 7. The summed E-state index contributed by atoms with van der Waals surface area (Å²) in [5.41, 5.74) is 9.63. The van der Waals surface area contributed by atoms with Gasteiger partial charge in [0.15, 0.2) is 17.2 Å². The van der Waals surface area contributed by atoms with Crippen LogP contribution < -0.4 is 11.2 Å². The normalized spacial score (nSPS) is 27.3. The number of thiocarbonyl (C=S) groups is 1. The predicted octanol–water partition coefficient (Wildman–Crippen LogP) is 0.216. The number of nitrogens with two attached hydrogens (primary N) is 1. The molecular formula is C14H15N7O2S. The Morgan fingerprint density at radius 1 is 1.38 bits per heavy atom. The minimum absolute atomic E-state index is 0.0894. The van der Waals surface area contributed by atoms with Crippen molar-refractivity contribution in [1.29, 1.82) is 0 Å². The van der Waals surface area contributed by atoms with E-state index >= 15 is 0 Å². The molecule has 2 saturated heterocycles. The lowest BCUT2D eigenvalue weighted by atomic mass is 10.0. The number of nitrogens with one attached hydrogen (secondary N) is 1. The summed E-state index contributed by atoms with van der Waals surface area (Å²) < 4.78 is 13.3. The zero-order chi connectivity index (χ0) is 16.5. The molecule has 1 aromatic heterocycles. The SMILES string of the molecule is NC(=S)NN=C1CC(n2nnnc2-c2ccccc2)C2COC1O2. The van der Waals surface area contributed by atoms with Gasteiger partial charge >= 0.3 is 0 Å². The first-order chi connectivity index (χ1) is 11.7.